The Morgan fingerprint density at radius 3 is 0.941 bits per heavy atom. The second-order valence-corrected chi connectivity index (χ2v) is 3.01. The van der Waals surface area contributed by atoms with Crippen LogP contribution in [0.2, 0.25) is 0 Å². The van der Waals surface area contributed by atoms with Gasteiger partial charge in [0.05, 0.1) is 0 Å². The first-order chi connectivity index (χ1) is 7.50. The molecule has 0 spiro atoms. The van der Waals surface area contributed by atoms with Gasteiger partial charge in [-0.15, -0.1) is 19.3 Å². The molecule has 17 heavy (non-hydrogen) atoms. The summed E-state index contributed by atoms with van der Waals surface area (Å²) in [5.74, 6) is 0. The van der Waals surface area contributed by atoms with E-state index in [1.54, 1.807) is 0 Å². The van der Waals surface area contributed by atoms with Gasteiger partial charge in [-0.05, 0) is 0 Å². The Morgan fingerprint density at radius 2 is 0.882 bits per heavy atom. The zero-order chi connectivity index (χ0) is 10.6. The molecule has 3 aliphatic carbocycles. The van der Waals surface area contributed by atoms with E-state index in [-0.39, 0.29) is 38.3 Å². The van der Waals surface area contributed by atoms with Crippen LogP contribution in [0.25, 0.3) is 0 Å². The first kappa shape index (κ1) is 19.0. The Kier molecular flexibility index (Phi) is 17.4. The van der Waals surface area contributed by atoms with Gasteiger partial charge in [-0.25, -0.2) is 36.5 Å². The summed E-state index contributed by atoms with van der Waals surface area (Å²) < 4.78 is 0. The molecule has 0 bridgehead atoms. The van der Waals surface area contributed by atoms with Crippen LogP contribution in [0.5, 0.6) is 0 Å². The molecule has 0 aromatic rings. The van der Waals surface area contributed by atoms with Crippen molar-refractivity contribution < 1.29 is 38.3 Å². The van der Waals surface area contributed by atoms with Crippen LogP contribution in [-0.2, 0) is 25.8 Å². The minimum absolute atomic E-state index is 0. The van der Waals surface area contributed by atoms with Crippen LogP contribution in [0.3, 0.4) is 0 Å². The standard InChI is InChI=1S/3C5H5.ClH.Hf/c3*1-2-4-5-3-1;;/h3*1-3H,4H2;1H;/q3*-1;;+4/p-1. The third-order valence-electron chi connectivity index (χ3n) is 1.76. The maximum absolute atomic E-state index is 2.99. The average molecular weight is 409 g/mol. The Hall–Kier alpha value is -0.400. The van der Waals surface area contributed by atoms with Crippen molar-refractivity contribution in [2.45, 2.75) is 19.3 Å². The van der Waals surface area contributed by atoms with E-state index in [4.69, 9.17) is 0 Å². The van der Waals surface area contributed by atoms with E-state index in [9.17, 15) is 0 Å². The molecule has 0 saturated heterocycles. The maximum Gasteiger partial charge on any atom is 4.00 e. The third-order valence-corrected chi connectivity index (χ3v) is 1.76. The molecule has 0 atom stereocenters. The zero-order valence-corrected chi connectivity index (χ0v) is 14.0. The molecule has 0 unspecified atom stereocenters. The van der Waals surface area contributed by atoms with E-state index < -0.39 is 0 Å². The van der Waals surface area contributed by atoms with Crippen LogP contribution in [0, 0.1) is 18.2 Å². The molecule has 0 radical (unpaired) electrons. The maximum atomic E-state index is 2.99. The van der Waals surface area contributed by atoms with Crippen LogP contribution in [0.15, 0.2) is 54.7 Å². The molecular weight excluding hydrogens is 394 g/mol. The topological polar surface area (TPSA) is 0 Å². The second-order valence-electron chi connectivity index (χ2n) is 3.01. The summed E-state index contributed by atoms with van der Waals surface area (Å²) in [5.41, 5.74) is 0. The van der Waals surface area contributed by atoms with Gasteiger partial charge in [-0.1, -0.05) is 0 Å². The van der Waals surface area contributed by atoms with Gasteiger partial charge in [0, 0.05) is 0 Å². The molecule has 3 rings (SSSR count). The van der Waals surface area contributed by atoms with Crippen LogP contribution in [0.1, 0.15) is 19.3 Å². The van der Waals surface area contributed by atoms with E-state index >= 15 is 0 Å². The smallest absolute Gasteiger partial charge is 1.00 e. The molecule has 0 aliphatic heterocycles. The Morgan fingerprint density at radius 1 is 0.588 bits per heavy atom. The number of hydrogen-bond donors (Lipinski definition) is 0. The fourth-order valence-corrected chi connectivity index (χ4v) is 1.02. The summed E-state index contributed by atoms with van der Waals surface area (Å²) in [6.07, 6.45) is 30.0. The quantitative estimate of drug-likeness (QED) is 0.413. The van der Waals surface area contributed by atoms with Gasteiger partial charge in [0.1, 0.15) is 0 Å². The van der Waals surface area contributed by atoms with Crippen molar-refractivity contribution in [1.29, 1.82) is 0 Å². The zero-order valence-electron chi connectivity index (χ0n) is 9.70. The van der Waals surface area contributed by atoms with Crippen molar-refractivity contribution >= 4 is 0 Å². The molecule has 0 amide bonds. The van der Waals surface area contributed by atoms with Crippen molar-refractivity contribution in [2.24, 2.45) is 0 Å². The summed E-state index contributed by atoms with van der Waals surface area (Å²) in [4.78, 5) is 0. The van der Waals surface area contributed by atoms with E-state index in [1.165, 1.54) is 0 Å². The van der Waals surface area contributed by atoms with Crippen LogP contribution >= 0.6 is 0 Å². The van der Waals surface area contributed by atoms with E-state index in [1.807, 2.05) is 36.5 Å². The molecule has 0 heterocycles. The van der Waals surface area contributed by atoms with E-state index in [0.717, 1.165) is 19.3 Å². The van der Waals surface area contributed by atoms with E-state index in [2.05, 4.69) is 36.5 Å². The molecular formula is C15H15ClHf. The summed E-state index contributed by atoms with van der Waals surface area (Å²) in [6.45, 7) is 0. The summed E-state index contributed by atoms with van der Waals surface area (Å²) in [6, 6.07) is 0. The average Bonchev–Trinajstić information content (AvgIpc) is 3.09. The second kappa shape index (κ2) is 15.6. The van der Waals surface area contributed by atoms with Crippen molar-refractivity contribution in [2.75, 3.05) is 0 Å². The van der Waals surface area contributed by atoms with Crippen molar-refractivity contribution in [1.82, 2.24) is 0 Å². The van der Waals surface area contributed by atoms with Gasteiger partial charge in [0.15, 0.2) is 0 Å². The van der Waals surface area contributed by atoms with Gasteiger partial charge in [-0.3, -0.25) is 18.2 Å². The Balaban J connectivity index is 0. The third kappa shape index (κ3) is 13.5. The fourth-order valence-electron chi connectivity index (χ4n) is 1.02. The summed E-state index contributed by atoms with van der Waals surface area (Å²) in [5, 5.41) is 0. The van der Waals surface area contributed by atoms with Crippen LogP contribution in [0.4, 0.5) is 0 Å². The minimum Gasteiger partial charge on any atom is -1.00 e. The van der Waals surface area contributed by atoms with Crippen LogP contribution in [-0.4, -0.2) is 0 Å². The fraction of sp³-hybridized carbons (Fsp3) is 0.200. The number of halogens is 1. The van der Waals surface area contributed by atoms with Gasteiger partial charge >= 0.3 is 25.8 Å². The predicted molar refractivity (Wildman–Crippen MR) is 64.7 cm³/mol. The largest absolute Gasteiger partial charge is 4.00 e. The van der Waals surface area contributed by atoms with Gasteiger partial charge in [0.25, 0.3) is 0 Å². The minimum atomic E-state index is 0. The molecule has 3 aliphatic rings. The van der Waals surface area contributed by atoms with E-state index in [0.29, 0.717) is 0 Å². The van der Waals surface area contributed by atoms with Crippen molar-refractivity contribution in [3.63, 3.8) is 0 Å². The Bertz CT molecular complexity index is 238. The molecule has 2 heteroatoms. The molecule has 0 saturated carbocycles. The summed E-state index contributed by atoms with van der Waals surface area (Å²) >= 11 is 0. The molecule has 0 aromatic carbocycles. The molecule has 0 aromatic heterocycles. The summed E-state index contributed by atoms with van der Waals surface area (Å²) in [7, 11) is 0. The Labute approximate surface area is 130 Å². The molecule has 86 valence electrons. The van der Waals surface area contributed by atoms with Crippen LogP contribution < -0.4 is 12.4 Å². The molecule has 0 N–H and O–H groups in total. The molecule has 0 nitrogen and oxygen atoms in total. The van der Waals surface area contributed by atoms with Gasteiger partial charge < -0.3 is 12.4 Å². The van der Waals surface area contributed by atoms with Crippen molar-refractivity contribution in [3.05, 3.63) is 72.9 Å². The first-order valence-corrected chi connectivity index (χ1v) is 5.15. The SMILES string of the molecule is [C-]1=CC=CC1.[C-]1=CC=CC1.[C-]1=CC=CC1.[Cl-].[Hf+4]. The number of hydrogen-bond acceptors (Lipinski definition) is 0. The predicted octanol–water partition coefficient (Wildman–Crippen LogP) is 0.919. The van der Waals surface area contributed by atoms with Gasteiger partial charge in [-0.2, -0.15) is 18.2 Å². The number of rotatable bonds is 0. The monoisotopic (exact) mass is 410 g/mol. The first-order valence-electron chi connectivity index (χ1n) is 5.15. The number of allylic oxidation sites excluding steroid dienone is 12. The van der Waals surface area contributed by atoms with Crippen molar-refractivity contribution in [3.8, 4) is 0 Å². The van der Waals surface area contributed by atoms with Gasteiger partial charge in [0.2, 0.25) is 0 Å². The normalized spacial score (nSPS) is 15.5. The molecule has 0 fully saturated rings.